The van der Waals surface area contributed by atoms with Gasteiger partial charge in [-0.15, -0.1) is 0 Å². The van der Waals surface area contributed by atoms with Gasteiger partial charge in [-0.1, -0.05) is 30.5 Å². The van der Waals surface area contributed by atoms with Gasteiger partial charge in [-0.3, -0.25) is 4.90 Å². The average molecular weight is 255 g/mol. The molecule has 1 aromatic rings. The normalized spacial score (nSPS) is 19.6. The van der Waals surface area contributed by atoms with E-state index in [0.717, 1.165) is 18.4 Å². The van der Waals surface area contributed by atoms with Crippen molar-refractivity contribution in [3.8, 4) is 0 Å². The van der Waals surface area contributed by atoms with Crippen molar-refractivity contribution < 1.29 is 4.39 Å². The average Bonchev–Trinajstić information content (AvgIpc) is 2.33. The number of nitrogens with zero attached hydrogens (tertiary/aromatic N) is 1. The van der Waals surface area contributed by atoms with Crippen molar-refractivity contribution in [1.82, 2.24) is 4.90 Å². The first-order valence-electron chi connectivity index (χ1n) is 6.01. The highest BCUT2D eigenvalue weighted by molar-refractivity contribution is 6.30. The van der Waals surface area contributed by atoms with Crippen molar-refractivity contribution in [2.75, 3.05) is 14.1 Å². The van der Waals surface area contributed by atoms with Crippen LogP contribution in [-0.4, -0.2) is 19.0 Å². The molecule has 0 saturated heterocycles. The van der Waals surface area contributed by atoms with Gasteiger partial charge in [0.2, 0.25) is 0 Å². The number of hydrogen-bond donors (Lipinski definition) is 0. The molecule has 17 heavy (non-hydrogen) atoms. The molecule has 3 heteroatoms. The Morgan fingerprint density at radius 1 is 1.35 bits per heavy atom. The largest absolute Gasteiger partial charge is 0.300 e. The SMILES string of the molecule is CN(C)C1(c2ccc(F)c(Cl)c2)C[CH]CCC1. The minimum Gasteiger partial charge on any atom is -0.300 e. The molecule has 2 rings (SSSR count). The molecule has 0 spiro atoms. The first-order chi connectivity index (χ1) is 8.06. The maximum atomic E-state index is 13.2. The quantitative estimate of drug-likeness (QED) is 0.771. The van der Waals surface area contributed by atoms with E-state index in [2.05, 4.69) is 25.4 Å². The molecule has 1 unspecified atom stereocenters. The number of benzene rings is 1. The molecule has 1 radical (unpaired) electrons. The Kier molecular flexibility index (Phi) is 3.74. The summed E-state index contributed by atoms with van der Waals surface area (Å²) >= 11 is 5.90. The Morgan fingerprint density at radius 3 is 2.65 bits per heavy atom. The summed E-state index contributed by atoms with van der Waals surface area (Å²) in [6.07, 6.45) is 6.76. The zero-order valence-corrected chi connectivity index (χ0v) is 11.1. The van der Waals surface area contributed by atoms with Crippen LogP contribution in [0, 0.1) is 12.2 Å². The van der Waals surface area contributed by atoms with E-state index in [1.165, 1.54) is 18.9 Å². The van der Waals surface area contributed by atoms with Crippen molar-refractivity contribution in [3.05, 3.63) is 41.0 Å². The topological polar surface area (TPSA) is 3.24 Å². The van der Waals surface area contributed by atoms with Gasteiger partial charge >= 0.3 is 0 Å². The predicted molar refractivity (Wildman–Crippen MR) is 69.5 cm³/mol. The fourth-order valence-corrected chi connectivity index (χ4v) is 2.87. The molecule has 1 atom stereocenters. The summed E-state index contributed by atoms with van der Waals surface area (Å²) in [5.41, 5.74) is 1.10. The second-order valence-corrected chi connectivity index (χ2v) is 5.35. The summed E-state index contributed by atoms with van der Waals surface area (Å²) in [6.45, 7) is 0. The molecule has 0 amide bonds. The Labute approximate surface area is 108 Å². The summed E-state index contributed by atoms with van der Waals surface area (Å²) < 4.78 is 13.2. The van der Waals surface area contributed by atoms with Crippen LogP contribution < -0.4 is 0 Å². The highest BCUT2D eigenvalue weighted by atomic mass is 35.5. The van der Waals surface area contributed by atoms with Gasteiger partial charge in [0.05, 0.1) is 5.02 Å². The van der Waals surface area contributed by atoms with E-state index in [9.17, 15) is 4.39 Å². The molecule has 1 fully saturated rings. The van der Waals surface area contributed by atoms with E-state index >= 15 is 0 Å². The molecule has 0 aliphatic heterocycles. The molecule has 1 saturated carbocycles. The monoisotopic (exact) mass is 254 g/mol. The van der Waals surface area contributed by atoms with Crippen LogP contribution in [0.2, 0.25) is 5.02 Å². The molecule has 0 N–H and O–H groups in total. The minimum atomic E-state index is -0.343. The predicted octanol–water partition coefficient (Wildman–Crippen LogP) is 4.01. The summed E-state index contributed by atoms with van der Waals surface area (Å²) in [5, 5.41) is 0.217. The highest BCUT2D eigenvalue weighted by Crippen LogP contribution is 2.41. The lowest BCUT2D eigenvalue weighted by molar-refractivity contribution is 0.118. The van der Waals surface area contributed by atoms with Gasteiger partial charge in [-0.05, 0) is 51.1 Å². The number of halogens is 2. The smallest absolute Gasteiger partial charge is 0.141 e. The summed E-state index contributed by atoms with van der Waals surface area (Å²) in [7, 11) is 4.16. The highest BCUT2D eigenvalue weighted by Gasteiger charge is 2.36. The Balaban J connectivity index is 2.41. The number of rotatable bonds is 2. The lowest BCUT2D eigenvalue weighted by Crippen LogP contribution is -2.43. The number of hydrogen-bond acceptors (Lipinski definition) is 1. The minimum absolute atomic E-state index is 0.0183. The first-order valence-corrected chi connectivity index (χ1v) is 6.39. The first kappa shape index (κ1) is 12.8. The van der Waals surface area contributed by atoms with Crippen LogP contribution in [0.4, 0.5) is 4.39 Å². The molecule has 0 heterocycles. The molecular weight excluding hydrogens is 237 g/mol. The van der Waals surface area contributed by atoms with E-state index in [0.29, 0.717) is 0 Å². The summed E-state index contributed by atoms with van der Waals surface area (Å²) in [4.78, 5) is 2.23. The van der Waals surface area contributed by atoms with Crippen molar-refractivity contribution in [1.29, 1.82) is 0 Å². The fourth-order valence-electron chi connectivity index (χ4n) is 2.69. The third-order valence-electron chi connectivity index (χ3n) is 3.79. The second kappa shape index (κ2) is 4.95. The van der Waals surface area contributed by atoms with Gasteiger partial charge in [-0.2, -0.15) is 0 Å². The lowest BCUT2D eigenvalue weighted by Gasteiger charge is -2.43. The molecular formula is C14H18ClFN. The van der Waals surface area contributed by atoms with E-state index in [1.807, 2.05) is 6.07 Å². The third kappa shape index (κ3) is 2.34. The molecule has 0 aromatic heterocycles. The Bertz CT molecular complexity index is 397. The zero-order chi connectivity index (χ0) is 12.5. The van der Waals surface area contributed by atoms with Crippen LogP contribution in [0.15, 0.2) is 18.2 Å². The summed E-state index contributed by atoms with van der Waals surface area (Å²) in [5.74, 6) is -0.343. The van der Waals surface area contributed by atoms with Gasteiger partial charge in [0.15, 0.2) is 0 Å². The van der Waals surface area contributed by atoms with Crippen molar-refractivity contribution in [2.45, 2.75) is 31.2 Å². The zero-order valence-electron chi connectivity index (χ0n) is 10.3. The van der Waals surface area contributed by atoms with Gasteiger partial charge < -0.3 is 0 Å². The van der Waals surface area contributed by atoms with Crippen LogP contribution in [-0.2, 0) is 5.54 Å². The van der Waals surface area contributed by atoms with Crippen LogP contribution >= 0.6 is 11.6 Å². The Hall–Kier alpha value is -0.600. The molecule has 1 aliphatic carbocycles. The van der Waals surface area contributed by atoms with E-state index < -0.39 is 0 Å². The maximum Gasteiger partial charge on any atom is 0.141 e. The van der Waals surface area contributed by atoms with E-state index in [4.69, 9.17) is 11.6 Å². The maximum absolute atomic E-state index is 13.2. The molecule has 1 nitrogen and oxygen atoms in total. The second-order valence-electron chi connectivity index (χ2n) is 4.94. The summed E-state index contributed by atoms with van der Waals surface area (Å²) in [6, 6.07) is 5.11. The van der Waals surface area contributed by atoms with Crippen molar-refractivity contribution in [2.24, 2.45) is 0 Å². The lowest BCUT2D eigenvalue weighted by atomic mass is 9.76. The molecule has 93 valence electrons. The molecule has 0 bridgehead atoms. The van der Waals surface area contributed by atoms with E-state index in [-0.39, 0.29) is 16.4 Å². The van der Waals surface area contributed by atoms with Crippen LogP contribution in [0.25, 0.3) is 0 Å². The van der Waals surface area contributed by atoms with Gasteiger partial charge in [-0.25, -0.2) is 4.39 Å². The van der Waals surface area contributed by atoms with Crippen LogP contribution in [0.5, 0.6) is 0 Å². The Morgan fingerprint density at radius 2 is 2.12 bits per heavy atom. The third-order valence-corrected chi connectivity index (χ3v) is 4.08. The van der Waals surface area contributed by atoms with Gasteiger partial charge in [0.25, 0.3) is 0 Å². The molecule has 1 aliphatic rings. The van der Waals surface area contributed by atoms with Crippen LogP contribution in [0.3, 0.4) is 0 Å². The van der Waals surface area contributed by atoms with Gasteiger partial charge in [0, 0.05) is 5.54 Å². The standard InChI is InChI=1S/C14H18ClFN/c1-17(2)14(8-4-3-5-9-14)11-6-7-13(16)12(15)10-11/h4,6-7,10H,3,5,8-9H2,1-2H3. The van der Waals surface area contributed by atoms with Crippen LogP contribution in [0.1, 0.15) is 31.2 Å². The fraction of sp³-hybridized carbons (Fsp3) is 0.500. The van der Waals surface area contributed by atoms with E-state index in [1.54, 1.807) is 6.07 Å². The molecule has 1 aromatic carbocycles. The van der Waals surface area contributed by atoms with Gasteiger partial charge in [0.1, 0.15) is 5.82 Å². The van der Waals surface area contributed by atoms with Crippen molar-refractivity contribution >= 4 is 11.6 Å². The van der Waals surface area contributed by atoms with Crippen molar-refractivity contribution in [3.63, 3.8) is 0 Å².